The summed E-state index contributed by atoms with van der Waals surface area (Å²) < 4.78 is 15.6. The molecule has 1 aliphatic carbocycles. The van der Waals surface area contributed by atoms with Gasteiger partial charge in [-0.15, -0.1) is 0 Å². The largest absolute Gasteiger partial charge is 0.496 e. The Morgan fingerprint density at radius 1 is 1.24 bits per heavy atom. The van der Waals surface area contributed by atoms with Gasteiger partial charge in [-0.3, -0.25) is 14.5 Å². The predicted octanol–water partition coefficient (Wildman–Crippen LogP) is 3.32. The van der Waals surface area contributed by atoms with Crippen LogP contribution in [0.5, 0.6) is 5.75 Å². The number of benzene rings is 1. The van der Waals surface area contributed by atoms with E-state index in [9.17, 15) is 14.4 Å². The smallest absolute Gasteiger partial charge is 0.326 e. The van der Waals surface area contributed by atoms with E-state index in [2.05, 4.69) is 36.2 Å². The predicted molar refractivity (Wildman–Crippen MR) is 120 cm³/mol. The summed E-state index contributed by atoms with van der Waals surface area (Å²) >= 11 is 0. The standard InChI is InChI=1S/C24H30N4O6/c1-23(2,3)15-9-11-24(12-10-15)21(30)28(22(31)26-24)13-19(29)33-14-18-25-20(27-34-18)16-7-5-6-8-17(16)32-4/h5-8,15H,9-14H2,1-4H3,(H,26,31). The number of carbonyl (C=O) groups excluding carboxylic acids is 3. The van der Waals surface area contributed by atoms with E-state index in [0.29, 0.717) is 35.9 Å². The number of hydrogen-bond acceptors (Lipinski definition) is 8. The van der Waals surface area contributed by atoms with Crippen LogP contribution in [0, 0.1) is 11.3 Å². The third-order valence-corrected chi connectivity index (χ3v) is 6.77. The zero-order valence-electron chi connectivity index (χ0n) is 19.9. The number of ether oxygens (including phenoxy) is 2. The van der Waals surface area contributed by atoms with Gasteiger partial charge in [-0.25, -0.2) is 4.79 Å². The zero-order chi connectivity index (χ0) is 24.5. The number of hydrogen-bond donors (Lipinski definition) is 1. The lowest BCUT2D eigenvalue weighted by Gasteiger charge is -2.40. The second-order valence-electron chi connectivity index (χ2n) is 9.92. The SMILES string of the molecule is COc1ccccc1-c1noc(COC(=O)CN2C(=O)NC3(CCC(C(C)(C)C)CC3)C2=O)n1. The van der Waals surface area contributed by atoms with Gasteiger partial charge in [0.2, 0.25) is 5.82 Å². The van der Waals surface area contributed by atoms with Crippen LogP contribution in [-0.2, 0) is 20.9 Å². The molecular weight excluding hydrogens is 440 g/mol. The molecule has 0 radical (unpaired) electrons. The maximum atomic E-state index is 13.1. The Balaban J connectivity index is 1.33. The number of nitrogens with one attached hydrogen (secondary N) is 1. The Morgan fingerprint density at radius 3 is 2.62 bits per heavy atom. The molecule has 3 amide bonds. The van der Waals surface area contributed by atoms with E-state index in [1.807, 2.05) is 12.1 Å². The number of rotatable bonds is 6. The van der Waals surface area contributed by atoms with Gasteiger partial charge >= 0.3 is 12.0 Å². The Kier molecular flexibility index (Phi) is 6.33. The highest BCUT2D eigenvalue weighted by atomic mass is 16.6. The van der Waals surface area contributed by atoms with E-state index in [4.69, 9.17) is 14.0 Å². The Bertz CT molecular complexity index is 1080. The van der Waals surface area contributed by atoms with Crippen LogP contribution >= 0.6 is 0 Å². The molecule has 0 bridgehead atoms. The molecule has 2 aromatic rings. The molecular formula is C24H30N4O6. The van der Waals surface area contributed by atoms with Crippen LogP contribution in [0.2, 0.25) is 0 Å². The molecule has 0 unspecified atom stereocenters. The molecule has 10 heteroatoms. The molecule has 1 aromatic heterocycles. The average Bonchev–Trinajstić information content (AvgIpc) is 3.36. The van der Waals surface area contributed by atoms with Crippen molar-refractivity contribution < 1.29 is 28.4 Å². The van der Waals surface area contributed by atoms with Gasteiger partial charge in [-0.2, -0.15) is 4.98 Å². The first-order valence-electron chi connectivity index (χ1n) is 11.4. The highest BCUT2D eigenvalue weighted by molar-refractivity contribution is 6.08. The molecule has 2 fully saturated rings. The maximum Gasteiger partial charge on any atom is 0.326 e. The van der Waals surface area contributed by atoms with Crippen molar-refractivity contribution in [1.82, 2.24) is 20.4 Å². The van der Waals surface area contributed by atoms with Crippen LogP contribution in [0.3, 0.4) is 0 Å². The van der Waals surface area contributed by atoms with Crippen molar-refractivity contribution in [2.45, 2.75) is 58.6 Å². The van der Waals surface area contributed by atoms with Crippen molar-refractivity contribution >= 4 is 17.9 Å². The van der Waals surface area contributed by atoms with E-state index in [1.165, 1.54) is 7.11 Å². The molecule has 2 heterocycles. The van der Waals surface area contributed by atoms with E-state index in [-0.39, 0.29) is 23.8 Å². The normalized spacial score (nSPS) is 22.7. The quantitative estimate of drug-likeness (QED) is 0.504. The highest BCUT2D eigenvalue weighted by Crippen LogP contribution is 2.43. The molecule has 1 saturated carbocycles. The molecule has 2 aliphatic rings. The van der Waals surface area contributed by atoms with Crippen molar-refractivity contribution in [2.75, 3.05) is 13.7 Å². The van der Waals surface area contributed by atoms with Crippen molar-refractivity contribution in [3.8, 4) is 17.1 Å². The Hall–Kier alpha value is -3.43. The summed E-state index contributed by atoms with van der Waals surface area (Å²) in [7, 11) is 1.54. The van der Waals surface area contributed by atoms with Gasteiger partial charge in [-0.1, -0.05) is 38.1 Å². The third kappa shape index (κ3) is 4.62. The van der Waals surface area contributed by atoms with Crippen molar-refractivity contribution in [1.29, 1.82) is 0 Å². The number of aromatic nitrogens is 2. The first-order chi connectivity index (χ1) is 16.1. The van der Waals surface area contributed by atoms with Crippen LogP contribution in [0.25, 0.3) is 11.4 Å². The lowest BCUT2D eigenvalue weighted by atomic mass is 9.67. The summed E-state index contributed by atoms with van der Waals surface area (Å²) in [6.07, 6.45) is 2.83. The molecule has 1 spiro atoms. The van der Waals surface area contributed by atoms with E-state index in [0.717, 1.165) is 17.7 Å². The zero-order valence-corrected chi connectivity index (χ0v) is 19.9. The Labute approximate surface area is 198 Å². The minimum absolute atomic E-state index is 0.0865. The highest BCUT2D eigenvalue weighted by Gasteiger charge is 2.53. The number of carbonyl (C=O) groups is 3. The maximum absolute atomic E-state index is 13.1. The second-order valence-corrected chi connectivity index (χ2v) is 9.92. The summed E-state index contributed by atoms with van der Waals surface area (Å²) in [4.78, 5) is 43.1. The van der Waals surface area contributed by atoms with Gasteiger partial charge in [0.25, 0.3) is 11.8 Å². The van der Waals surface area contributed by atoms with Gasteiger partial charge < -0.3 is 19.3 Å². The minimum Gasteiger partial charge on any atom is -0.496 e. The van der Waals surface area contributed by atoms with Crippen molar-refractivity contribution in [3.05, 3.63) is 30.2 Å². The van der Waals surface area contributed by atoms with Gasteiger partial charge in [0.05, 0.1) is 12.7 Å². The lowest BCUT2D eigenvalue weighted by Crippen LogP contribution is -2.50. The van der Waals surface area contributed by atoms with Gasteiger partial charge in [0, 0.05) is 0 Å². The molecule has 34 heavy (non-hydrogen) atoms. The first-order valence-corrected chi connectivity index (χ1v) is 11.4. The van der Waals surface area contributed by atoms with Crippen molar-refractivity contribution in [3.63, 3.8) is 0 Å². The number of methoxy groups -OCH3 is 1. The molecule has 1 aliphatic heterocycles. The topological polar surface area (TPSA) is 124 Å². The number of nitrogens with zero attached hydrogens (tertiary/aromatic N) is 3. The van der Waals surface area contributed by atoms with E-state index >= 15 is 0 Å². The fraction of sp³-hybridized carbons (Fsp3) is 0.542. The van der Waals surface area contributed by atoms with E-state index in [1.54, 1.807) is 12.1 Å². The summed E-state index contributed by atoms with van der Waals surface area (Å²) in [5, 5.41) is 6.72. The molecule has 10 nitrogen and oxygen atoms in total. The Morgan fingerprint density at radius 2 is 1.94 bits per heavy atom. The minimum atomic E-state index is -0.921. The van der Waals surface area contributed by atoms with Gasteiger partial charge in [0.15, 0.2) is 6.61 Å². The van der Waals surface area contributed by atoms with Crippen LogP contribution in [0.4, 0.5) is 4.79 Å². The molecule has 0 atom stereocenters. The first kappa shape index (κ1) is 23.7. The van der Waals surface area contributed by atoms with Crippen LogP contribution in [0.15, 0.2) is 28.8 Å². The van der Waals surface area contributed by atoms with Crippen LogP contribution < -0.4 is 10.1 Å². The van der Waals surface area contributed by atoms with E-state index < -0.39 is 24.1 Å². The number of esters is 1. The molecule has 4 rings (SSSR count). The fourth-order valence-corrected chi connectivity index (χ4v) is 4.70. The monoisotopic (exact) mass is 470 g/mol. The summed E-state index contributed by atoms with van der Waals surface area (Å²) in [5.41, 5.74) is -0.135. The summed E-state index contributed by atoms with van der Waals surface area (Å²) in [6, 6.07) is 6.62. The molecule has 1 N–H and O–H groups in total. The molecule has 1 saturated heterocycles. The number of urea groups is 1. The van der Waals surface area contributed by atoms with Crippen LogP contribution in [0.1, 0.15) is 52.3 Å². The lowest BCUT2D eigenvalue weighted by molar-refractivity contribution is -0.149. The fourth-order valence-electron chi connectivity index (χ4n) is 4.70. The molecule has 182 valence electrons. The summed E-state index contributed by atoms with van der Waals surface area (Å²) in [6.45, 7) is 5.83. The third-order valence-electron chi connectivity index (χ3n) is 6.77. The van der Waals surface area contributed by atoms with Crippen LogP contribution in [-0.4, -0.2) is 52.1 Å². The number of amides is 3. The average molecular weight is 471 g/mol. The van der Waals surface area contributed by atoms with Gasteiger partial charge in [-0.05, 0) is 49.1 Å². The number of imide groups is 1. The molecule has 1 aromatic carbocycles. The summed E-state index contributed by atoms with van der Waals surface area (Å²) in [5.74, 6) is 0.348. The second kappa shape index (κ2) is 9.08. The number of para-hydroxylation sites is 1. The van der Waals surface area contributed by atoms with Gasteiger partial charge in [0.1, 0.15) is 17.8 Å². The van der Waals surface area contributed by atoms with Crippen molar-refractivity contribution in [2.24, 2.45) is 11.3 Å².